The molecule has 4 nitrogen and oxygen atoms in total. The fourth-order valence-electron chi connectivity index (χ4n) is 1.81. The average Bonchev–Trinajstić information content (AvgIpc) is 2.45. The van der Waals surface area contributed by atoms with Crippen molar-refractivity contribution in [3.63, 3.8) is 0 Å². The first-order chi connectivity index (χ1) is 10.9. The molecule has 0 aliphatic carbocycles. The van der Waals surface area contributed by atoms with Crippen LogP contribution < -0.4 is 10.6 Å². The molecule has 2 aromatic rings. The quantitative estimate of drug-likeness (QED) is 0.753. The highest BCUT2D eigenvalue weighted by atomic mass is 35.5. The van der Waals surface area contributed by atoms with Crippen LogP contribution in [0.3, 0.4) is 0 Å². The summed E-state index contributed by atoms with van der Waals surface area (Å²) in [6, 6.07) is 12.1. The van der Waals surface area contributed by atoms with Gasteiger partial charge in [0, 0.05) is 33.2 Å². The Morgan fingerprint density at radius 2 is 1.57 bits per heavy atom. The third-order valence-electron chi connectivity index (χ3n) is 2.69. The van der Waals surface area contributed by atoms with Crippen LogP contribution in [0.15, 0.2) is 47.4 Å². The Kier molecular flexibility index (Phi) is 6.33. The summed E-state index contributed by atoms with van der Waals surface area (Å²) in [5.41, 5.74) is 1.29. The number of carbonyl (C=O) groups is 2. The van der Waals surface area contributed by atoms with Gasteiger partial charge in [-0.1, -0.05) is 23.2 Å². The Morgan fingerprint density at radius 1 is 0.957 bits per heavy atom. The maximum atomic E-state index is 11.9. The van der Waals surface area contributed by atoms with Crippen molar-refractivity contribution in [1.29, 1.82) is 0 Å². The van der Waals surface area contributed by atoms with Crippen LogP contribution in [0, 0.1) is 0 Å². The van der Waals surface area contributed by atoms with Gasteiger partial charge in [-0.05, 0) is 42.5 Å². The molecule has 2 rings (SSSR count). The van der Waals surface area contributed by atoms with E-state index in [1.807, 2.05) is 12.1 Å². The Morgan fingerprint density at radius 3 is 2.13 bits per heavy atom. The van der Waals surface area contributed by atoms with Gasteiger partial charge in [0.1, 0.15) is 0 Å². The maximum absolute atomic E-state index is 11.9. The minimum atomic E-state index is -0.153. The summed E-state index contributed by atoms with van der Waals surface area (Å²) in [7, 11) is 0. The summed E-state index contributed by atoms with van der Waals surface area (Å²) in [4.78, 5) is 23.8. The molecule has 0 aliphatic rings. The fraction of sp³-hybridized carbons (Fsp3) is 0.125. The van der Waals surface area contributed by atoms with Crippen LogP contribution in [0.1, 0.15) is 6.92 Å². The largest absolute Gasteiger partial charge is 0.326 e. The van der Waals surface area contributed by atoms with Crippen LogP contribution in [0.2, 0.25) is 10.0 Å². The summed E-state index contributed by atoms with van der Waals surface area (Å²) >= 11 is 13.2. The highest BCUT2D eigenvalue weighted by molar-refractivity contribution is 8.00. The monoisotopic (exact) mass is 368 g/mol. The van der Waals surface area contributed by atoms with Crippen molar-refractivity contribution >= 4 is 58.2 Å². The Hall–Kier alpha value is -1.69. The molecular formula is C16H14Cl2N2O2S. The maximum Gasteiger partial charge on any atom is 0.234 e. The van der Waals surface area contributed by atoms with Gasteiger partial charge in [0.25, 0.3) is 0 Å². The number of nitrogens with one attached hydrogen (secondary N) is 2. The van der Waals surface area contributed by atoms with Gasteiger partial charge in [-0.15, -0.1) is 11.8 Å². The van der Waals surface area contributed by atoms with Crippen LogP contribution in [-0.2, 0) is 9.59 Å². The summed E-state index contributed by atoms with van der Waals surface area (Å²) in [6.45, 7) is 1.45. The van der Waals surface area contributed by atoms with Crippen molar-refractivity contribution < 1.29 is 9.59 Å². The molecule has 2 N–H and O–H groups in total. The van der Waals surface area contributed by atoms with Crippen LogP contribution in [0.25, 0.3) is 0 Å². The molecular weight excluding hydrogens is 355 g/mol. The minimum absolute atomic E-state index is 0.120. The van der Waals surface area contributed by atoms with Crippen LogP contribution in [0.4, 0.5) is 11.4 Å². The Bertz CT molecular complexity index is 700. The number of thioether (sulfide) groups is 1. The lowest BCUT2D eigenvalue weighted by Crippen LogP contribution is -2.13. The molecule has 0 radical (unpaired) electrons. The van der Waals surface area contributed by atoms with Gasteiger partial charge in [-0.25, -0.2) is 0 Å². The smallest absolute Gasteiger partial charge is 0.234 e. The van der Waals surface area contributed by atoms with Gasteiger partial charge in [0.15, 0.2) is 0 Å². The molecule has 0 aromatic heterocycles. The van der Waals surface area contributed by atoms with E-state index in [1.165, 1.54) is 18.7 Å². The first-order valence-electron chi connectivity index (χ1n) is 6.69. The normalized spacial score (nSPS) is 10.2. The highest BCUT2D eigenvalue weighted by Crippen LogP contribution is 2.24. The summed E-state index contributed by atoms with van der Waals surface area (Å²) in [6.07, 6.45) is 0. The molecule has 0 atom stereocenters. The first kappa shape index (κ1) is 17.7. The Balaban J connectivity index is 1.87. The van der Waals surface area contributed by atoms with Gasteiger partial charge in [-0.2, -0.15) is 0 Å². The first-order valence-corrected chi connectivity index (χ1v) is 8.43. The van der Waals surface area contributed by atoms with Gasteiger partial charge < -0.3 is 10.6 Å². The summed E-state index contributed by atoms with van der Waals surface area (Å²) in [5, 5.41) is 6.37. The number of anilines is 2. The Labute approximate surface area is 148 Å². The zero-order chi connectivity index (χ0) is 16.8. The second-order valence-electron chi connectivity index (χ2n) is 4.70. The third kappa shape index (κ3) is 6.14. The number of hydrogen-bond donors (Lipinski definition) is 2. The predicted octanol–water partition coefficient (Wildman–Crippen LogP) is 4.68. The van der Waals surface area contributed by atoms with Crippen molar-refractivity contribution in [3.8, 4) is 0 Å². The number of carbonyl (C=O) groups excluding carboxylic acids is 2. The van der Waals surface area contributed by atoms with E-state index in [2.05, 4.69) is 10.6 Å². The van der Waals surface area contributed by atoms with E-state index in [0.717, 1.165) is 10.6 Å². The van der Waals surface area contributed by atoms with E-state index < -0.39 is 0 Å². The van der Waals surface area contributed by atoms with Crippen molar-refractivity contribution in [1.82, 2.24) is 0 Å². The zero-order valence-corrected chi connectivity index (χ0v) is 14.6. The molecule has 7 heteroatoms. The molecule has 0 saturated heterocycles. The van der Waals surface area contributed by atoms with E-state index in [1.54, 1.807) is 30.3 Å². The fourth-order valence-corrected chi connectivity index (χ4v) is 3.03. The molecule has 0 heterocycles. The van der Waals surface area contributed by atoms with E-state index in [0.29, 0.717) is 15.7 Å². The lowest BCUT2D eigenvalue weighted by molar-refractivity contribution is -0.114. The number of halogens is 2. The predicted molar refractivity (Wildman–Crippen MR) is 96.6 cm³/mol. The van der Waals surface area contributed by atoms with Crippen LogP contribution in [-0.4, -0.2) is 17.6 Å². The van der Waals surface area contributed by atoms with Crippen molar-refractivity contribution in [2.45, 2.75) is 11.8 Å². The van der Waals surface area contributed by atoms with Gasteiger partial charge in [-0.3, -0.25) is 9.59 Å². The molecule has 0 unspecified atom stereocenters. The molecule has 2 amide bonds. The van der Waals surface area contributed by atoms with Crippen LogP contribution in [0.5, 0.6) is 0 Å². The second-order valence-corrected chi connectivity index (χ2v) is 6.62. The van der Waals surface area contributed by atoms with Crippen LogP contribution >= 0.6 is 35.0 Å². The third-order valence-corrected chi connectivity index (χ3v) is 4.14. The van der Waals surface area contributed by atoms with Gasteiger partial charge in [0.05, 0.1) is 5.75 Å². The molecule has 23 heavy (non-hydrogen) atoms. The van der Waals surface area contributed by atoms with E-state index in [4.69, 9.17) is 23.2 Å². The molecule has 0 spiro atoms. The lowest BCUT2D eigenvalue weighted by atomic mass is 10.3. The van der Waals surface area contributed by atoms with Gasteiger partial charge >= 0.3 is 0 Å². The second kappa shape index (κ2) is 8.24. The zero-order valence-electron chi connectivity index (χ0n) is 12.2. The van der Waals surface area contributed by atoms with Crippen molar-refractivity contribution in [2.75, 3.05) is 16.4 Å². The molecule has 120 valence electrons. The lowest BCUT2D eigenvalue weighted by Gasteiger charge is -2.07. The van der Waals surface area contributed by atoms with Crippen molar-refractivity contribution in [2.24, 2.45) is 0 Å². The number of rotatable bonds is 5. The van der Waals surface area contributed by atoms with E-state index in [-0.39, 0.29) is 17.6 Å². The molecule has 0 aliphatic heterocycles. The number of hydrogen-bond acceptors (Lipinski definition) is 3. The van der Waals surface area contributed by atoms with Gasteiger partial charge in [0.2, 0.25) is 11.8 Å². The topological polar surface area (TPSA) is 58.2 Å². The van der Waals surface area contributed by atoms with E-state index in [9.17, 15) is 9.59 Å². The highest BCUT2D eigenvalue weighted by Gasteiger charge is 2.06. The van der Waals surface area contributed by atoms with E-state index >= 15 is 0 Å². The summed E-state index contributed by atoms with van der Waals surface area (Å²) in [5.74, 6) is -0.0203. The SMILES string of the molecule is CC(=O)Nc1ccc(SCC(=O)Nc2cc(Cl)cc(Cl)c2)cc1. The van der Waals surface area contributed by atoms with Crippen molar-refractivity contribution in [3.05, 3.63) is 52.5 Å². The standard InChI is InChI=1S/C16H14Cl2N2O2S/c1-10(21)19-13-2-4-15(5-3-13)23-9-16(22)20-14-7-11(17)6-12(18)8-14/h2-8H,9H2,1H3,(H,19,21)(H,20,22). The summed E-state index contributed by atoms with van der Waals surface area (Å²) < 4.78 is 0. The molecule has 0 fully saturated rings. The molecule has 0 saturated carbocycles. The molecule has 2 aromatic carbocycles. The number of benzene rings is 2. The molecule has 0 bridgehead atoms. The minimum Gasteiger partial charge on any atom is -0.326 e. The number of amides is 2. The average molecular weight is 369 g/mol.